The van der Waals surface area contributed by atoms with E-state index in [0.717, 1.165) is 28.9 Å². The summed E-state index contributed by atoms with van der Waals surface area (Å²) in [6.07, 6.45) is -3.53. The molecule has 0 aliphatic carbocycles. The highest BCUT2D eigenvalue weighted by Crippen LogP contribution is 2.24. The van der Waals surface area contributed by atoms with Crippen molar-refractivity contribution in [2.24, 2.45) is 0 Å². The zero-order chi connectivity index (χ0) is 24.2. The van der Waals surface area contributed by atoms with Crippen LogP contribution in [-0.2, 0) is 28.7 Å². The molecule has 1 aromatic carbocycles. The summed E-state index contributed by atoms with van der Waals surface area (Å²) in [6, 6.07) is 3.22. The van der Waals surface area contributed by atoms with Gasteiger partial charge in [0.15, 0.2) is 6.10 Å². The summed E-state index contributed by atoms with van der Waals surface area (Å²) < 4.78 is 24.2. The number of likely N-dealkylation sites (N-methyl/N-ethyl adjacent to an activating group) is 2. The zero-order valence-electron chi connectivity index (χ0n) is 18.0. The maximum Gasteiger partial charge on any atom is 0.348 e. The highest BCUT2D eigenvalue weighted by molar-refractivity contribution is 6.02. The lowest BCUT2D eigenvalue weighted by molar-refractivity contribution is -0.177. The van der Waals surface area contributed by atoms with Crippen LogP contribution in [0.2, 0.25) is 0 Å². The maximum absolute atomic E-state index is 14.3. The van der Waals surface area contributed by atoms with Crippen LogP contribution in [0.5, 0.6) is 0 Å². The topological polar surface area (TPSA) is 134 Å². The molecule has 0 aromatic heterocycles. The molecular formula is C20H24FN3O8. The number of morpholine rings is 1. The van der Waals surface area contributed by atoms with E-state index >= 15 is 0 Å². The van der Waals surface area contributed by atoms with E-state index in [1.807, 2.05) is 0 Å². The molecule has 1 N–H and O–H groups in total. The van der Waals surface area contributed by atoms with E-state index in [1.165, 1.54) is 32.1 Å². The number of anilines is 1. The molecule has 0 radical (unpaired) electrons. The van der Waals surface area contributed by atoms with Crippen molar-refractivity contribution in [2.75, 3.05) is 45.7 Å². The highest BCUT2D eigenvalue weighted by Gasteiger charge is 2.42. The van der Waals surface area contributed by atoms with Gasteiger partial charge in [-0.05, 0) is 18.2 Å². The fourth-order valence-electron chi connectivity index (χ4n) is 2.99. The number of benzene rings is 1. The van der Waals surface area contributed by atoms with Crippen LogP contribution in [-0.4, -0.2) is 97.6 Å². The van der Waals surface area contributed by atoms with E-state index in [-0.39, 0.29) is 36.9 Å². The van der Waals surface area contributed by atoms with Gasteiger partial charge in [-0.3, -0.25) is 19.2 Å². The molecule has 3 amide bonds. The molecule has 1 heterocycles. The van der Waals surface area contributed by atoms with Gasteiger partial charge < -0.3 is 29.3 Å². The van der Waals surface area contributed by atoms with E-state index in [1.54, 1.807) is 0 Å². The van der Waals surface area contributed by atoms with Gasteiger partial charge in [-0.1, -0.05) is 0 Å². The van der Waals surface area contributed by atoms with Crippen molar-refractivity contribution >= 4 is 35.3 Å². The van der Waals surface area contributed by atoms with Crippen LogP contribution < -0.4 is 4.90 Å². The van der Waals surface area contributed by atoms with E-state index in [9.17, 15) is 33.5 Å². The monoisotopic (exact) mass is 453 g/mol. The molecular weight excluding hydrogens is 429 g/mol. The molecule has 2 atom stereocenters. The third-order valence-electron chi connectivity index (χ3n) is 4.59. The number of hydrogen-bond donors (Lipinski definition) is 1. The van der Waals surface area contributed by atoms with Gasteiger partial charge in [-0.25, -0.2) is 9.18 Å². The van der Waals surface area contributed by atoms with Gasteiger partial charge in [0.2, 0.25) is 12.0 Å². The number of nitrogens with zero attached hydrogens (tertiary/aromatic N) is 3. The Kier molecular flexibility index (Phi) is 7.87. The van der Waals surface area contributed by atoms with Crippen molar-refractivity contribution < 1.29 is 42.9 Å². The summed E-state index contributed by atoms with van der Waals surface area (Å²) in [6.45, 7) is 0.591. The second-order valence-electron chi connectivity index (χ2n) is 7.30. The van der Waals surface area contributed by atoms with Gasteiger partial charge in [0.25, 0.3) is 11.8 Å². The van der Waals surface area contributed by atoms with Gasteiger partial charge in [-0.2, -0.15) is 0 Å². The number of halogens is 1. The number of amides is 3. The first kappa shape index (κ1) is 24.7. The zero-order valence-corrected chi connectivity index (χ0v) is 18.0. The largest absolute Gasteiger partial charge is 0.478 e. The van der Waals surface area contributed by atoms with Crippen molar-refractivity contribution in [1.29, 1.82) is 0 Å². The molecule has 174 valence electrons. The van der Waals surface area contributed by atoms with Crippen molar-refractivity contribution in [1.82, 2.24) is 9.80 Å². The minimum Gasteiger partial charge on any atom is -0.478 e. The Bertz CT molecular complexity index is 935. The van der Waals surface area contributed by atoms with Crippen molar-refractivity contribution in [3.63, 3.8) is 0 Å². The fraction of sp³-hybridized carbons (Fsp3) is 0.450. The molecule has 1 aliphatic heterocycles. The number of esters is 1. The molecule has 11 nitrogen and oxygen atoms in total. The lowest BCUT2D eigenvalue weighted by atomic mass is 10.1. The first-order chi connectivity index (χ1) is 14.9. The smallest absolute Gasteiger partial charge is 0.348 e. The average molecular weight is 453 g/mol. The molecule has 1 aliphatic rings. The van der Waals surface area contributed by atoms with Crippen molar-refractivity contribution in [3.05, 3.63) is 29.6 Å². The summed E-state index contributed by atoms with van der Waals surface area (Å²) in [5.74, 6) is -5.17. The van der Waals surface area contributed by atoms with Gasteiger partial charge >= 0.3 is 11.9 Å². The predicted molar refractivity (Wildman–Crippen MR) is 107 cm³/mol. The van der Waals surface area contributed by atoms with Gasteiger partial charge in [0.05, 0.1) is 13.2 Å². The lowest BCUT2D eigenvalue weighted by Crippen LogP contribution is -2.55. The third kappa shape index (κ3) is 5.78. The Labute approximate surface area is 183 Å². The SMILES string of the molecule is CC(=O)O[C@@H](C(=O)O)[C@H]1OCCN(c2cc(F)cc(C(=O)N(C)CC(=O)N(C)C)c2)C1=O. The van der Waals surface area contributed by atoms with Crippen LogP contribution >= 0.6 is 0 Å². The number of carbonyl (C=O) groups is 5. The van der Waals surface area contributed by atoms with E-state index in [0.29, 0.717) is 0 Å². The average Bonchev–Trinajstić information content (AvgIpc) is 2.70. The lowest BCUT2D eigenvalue weighted by Gasteiger charge is -2.34. The minimum absolute atomic E-state index is 0.00838. The fourth-order valence-corrected chi connectivity index (χ4v) is 2.99. The normalized spacial score (nSPS) is 16.8. The Hall–Kier alpha value is -3.54. The summed E-state index contributed by atoms with van der Waals surface area (Å²) in [5.41, 5.74) is -0.120. The van der Waals surface area contributed by atoms with Crippen LogP contribution in [0, 0.1) is 5.82 Å². The number of aliphatic carboxylic acids is 1. The van der Waals surface area contributed by atoms with E-state index in [2.05, 4.69) is 0 Å². The van der Waals surface area contributed by atoms with Crippen LogP contribution in [0.25, 0.3) is 0 Å². The number of carboxylic acid groups (broad SMARTS) is 1. The minimum atomic E-state index is -1.89. The van der Waals surface area contributed by atoms with Gasteiger partial charge in [0.1, 0.15) is 5.82 Å². The first-order valence-electron chi connectivity index (χ1n) is 9.51. The number of ether oxygens (including phenoxy) is 2. The standard InChI is InChI=1S/C20H24FN3O8/c1-11(25)32-17(20(29)30)16-19(28)24(5-6-31-16)14-8-12(7-13(21)9-14)18(27)23(4)10-15(26)22(2)3/h7-9,16-17H,5-6,10H2,1-4H3,(H,29,30)/t16-,17-/m1/s1. The Balaban J connectivity index is 2.31. The van der Waals surface area contributed by atoms with Gasteiger partial charge in [-0.15, -0.1) is 0 Å². The Morgan fingerprint density at radius 2 is 1.91 bits per heavy atom. The first-order valence-corrected chi connectivity index (χ1v) is 9.51. The quantitative estimate of drug-likeness (QED) is 0.558. The van der Waals surface area contributed by atoms with Crippen LogP contribution in [0.3, 0.4) is 0 Å². The number of carbonyl (C=O) groups excluding carboxylic acids is 4. The Morgan fingerprint density at radius 1 is 1.25 bits per heavy atom. The second-order valence-corrected chi connectivity index (χ2v) is 7.30. The number of carboxylic acids is 1. The van der Waals surface area contributed by atoms with E-state index in [4.69, 9.17) is 9.47 Å². The van der Waals surface area contributed by atoms with Crippen molar-refractivity contribution in [2.45, 2.75) is 19.1 Å². The van der Waals surface area contributed by atoms with Crippen LogP contribution in [0.1, 0.15) is 17.3 Å². The van der Waals surface area contributed by atoms with Gasteiger partial charge in [0, 0.05) is 45.9 Å². The number of rotatable bonds is 7. The molecule has 12 heteroatoms. The molecule has 1 saturated heterocycles. The molecule has 0 saturated carbocycles. The van der Waals surface area contributed by atoms with Crippen LogP contribution in [0.15, 0.2) is 18.2 Å². The second kappa shape index (κ2) is 10.2. The van der Waals surface area contributed by atoms with E-state index < -0.39 is 41.8 Å². The molecule has 32 heavy (non-hydrogen) atoms. The molecule has 0 spiro atoms. The molecule has 1 fully saturated rings. The maximum atomic E-state index is 14.3. The van der Waals surface area contributed by atoms with Crippen molar-refractivity contribution in [3.8, 4) is 0 Å². The van der Waals surface area contributed by atoms with Crippen LogP contribution in [0.4, 0.5) is 10.1 Å². The summed E-state index contributed by atoms with van der Waals surface area (Å²) in [5, 5.41) is 9.31. The highest BCUT2D eigenvalue weighted by atomic mass is 19.1. The Morgan fingerprint density at radius 3 is 2.47 bits per heavy atom. The predicted octanol–water partition coefficient (Wildman–Crippen LogP) is -0.266. The molecule has 2 rings (SSSR count). The third-order valence-corrected chi connectivity index (χ3v) is 4.59. The summed E-state index contributed by atoms with van der Waals surface area (Å²) in [4.78, 5) is 63.6. The molecule has 0 bridgehead atoms. The number of hydrogen-bond acceptors (Lipinski definition) is 7. The summed E-state index contributed by atoms with van der Waals surface area (Å²) >= 11 is 0. The molecule has 1 aromatic rings. The molecule has 0 unspecified atom stereocenters. The summed E-state index contributed by atoms with van der Waals surface area (Å²) in [7, 11) is 4.43.